The number of nitrogens with zero attached hydrogens (tertiary/aromatic N) is 3. The molecule has 0 bridgehead atoms. The largest absolute Gasteiger partial charge is 0.370 e. The predicted molar refractivity (Wildman–Crippen MR) is 106 cm³/mol. The summed E-state index contributed by atoms with van der Waals surface area (Å²) in [5, 5.41) is 3.03. The molecule has 2 aliphatic rings. The molecule has 0 saturated carbocycles. The first-order valence-corrected chi connectivity index (χ1v) is 9.97. The molecule has 0 spiro atoms. The molecular weight excluding hydrogens is 370 g/mol. The van der Waals surface area contributed by atoms with Gasteiger partial charge in [-0.2, -0.15) is 0 Å². The highest BCUT2D eigenvalue weighted by Crippen LogP contribution is 2.26. The quantitative estimate of drug-likeness (QED) is 0.750. The van der Waals surface area contributed by atoms with E-state index in [0.29, 0.717) is 19.5 Å². The Morgan fingerprint density at radius 1 is 1.17 bits per heavy atom. The summed E-state index contributed by atoms with van der Waals surface area (Å²) in [7, 11) is 0. The molecule has 8 nitrogen and oxygen atoms in total. The van der Waals surface area contributed by atoms with Gasteiger partial charge < -0.3 is 20.5 Å². The molecule has 1 aromatic carbocycles. The summed E-state index contributed by atoms with van der Waals surface area (Å²) in [6.45, 7) is 0.847. The summed E-state index contributed by atoms with van der Waals surface area (Å²) in [6.07, 6.45) is 5.86. The van der Waals surface area contributed by atoms with E-state index in [9.17, 15) is 14.4 Å². The van der Waals surface area contributed by atoms with Gasteiger partial charge in [-0.1, -0.05) is 24.3 Å². The van der Waals surface area contributed by atoms with Gasteiger partial charge in [-0.05, 0) is 24.0 Å². The van der Waals surface area contributed by atoms with E-state index >= 15 is 0 Å². The van der Waals surface area contributed by atoms with E-state index in [1.54, 1.807) is 11.1 Å². The fourth-order valence-electron chi connectivity index (χ4n) is 4.26. The number of carbonyl (C=O) groups is 3. The number of fused-ring (bicyclic) bond motifs is 2. The smallest absolute Gasteiger partial charge is 0.243 e. The van der Waals surface area contributed by atoms with Crippen molar-refractivity contribution in [1.82, 2.24) is 19.8 Å². The second kappa shape index (κ2) is 8.06. The van der Waals surface area contributed by atoms with E-state index in [1.807, 2.05) is 29.0 Å². The van der Waals surface area contributed by atoms with Crippen molar-refractivity contribution in [2.75, 3.05) is 6.54 Å². The highest BCUT2D eigenvalue weighted by molar-refractivity contribution is 5.83. The van der Waals surface area contributed by atoms with Crippen molar-refractivity contribution in [3.63, 3.8) is 0 Å². The van der Waals surface area contributed by atoms with Crippen LogP contribution in [0.25, 0.3) is 0 Å². The molecule has 29 heavy (non-hydrogen) atoms. The molecule has 2 aromatic rings. The van der Waals surface area contributed by atoms with Gasteiger partial charge in [-0.25, -0.2) is 4.98 Å². The zero-order valence-electron chi connectivity index (χ0n) is 16.2. The molecular formula is C21H25N5O3. The van der Waals surface area contributed by atoms with Crippen molar-refractivity contribution < 1.29 is 14.4 Å². The van der Waals surface area contributed by atoms with E-state index in [2.05, 4.69) is 16.4 Å². The lowest BCUT2D eigenvalue weighted by atomic mass is 9.93. The Bertz CT molecular complexity index is 938. The fourth-order valence-corrected chi connectivity index (χ4v) is 4.26. The molecule has 0 saturated heterocycles. The van der Waals surface area contributed by atoms with E-state index in [-0.39, 0.29) is 36.7 Å². The van der Waals surface area contributed by atoms with Crippen molar-refractivity contribution in [3.8, 4) is 0 Å². The Morgan fingerprint density at radius 3 is 2.76 bits per heavy atom. The zero-order valence-corrected chi connectivity index (χ0v) is 16.2. The lowest BCUT2D eigenvalue weighted by Crippen LogP contribution is -2.50. The van der Waals surface area contributed by atoms with Crippen LogP contribution in [0.15, 0.2) is 36.7 Å². The molecule has 0 fully saturated rings. The predicted octanol–water partition coefficient (Wildman–Crippen LogP) is 0.706. The van der Waals surface area contributed by atoms with Gasteiger partial charge in [0.05, 0.1) is 6.04 Å². The molecule has 1 aromatic heterocycles. The van der Waals surface area contributed by atoms with Gasteiger partial charge in [0.2, 0.25) is 17.7 Å². The molecule has 3 amide bonds. The van der Waals surface area contributed by atoms with Gasteiger partial charge in [0.25, 0.3) is 0 Å². The summed E-state index contributed by atoms with van der Waals surface area (Å²) >= 11 is 0. The van der Waals surface area contributed by atoms with Gasteiger partial charge in [-0.15, -0.1) is 0 Å². The van der Waals surface area contributed by atoms with Crippen molar-refractivity contribution in [2.24, 2.45) is 5.73 Å². The number of amides is 3. The number of aromatic nitrogens is 2. The van der Waals surface area contributed by atoms with Crippen molar-refractivity contribution >= 4 is 17.7 Å². The Kier molecular flexibility index (Phi) is 5.33. The third-order valence-electron chi connectivity index (χ3n) is 5.80. The Hall–Kier alpha value is -3.16. The Balaban J connectivity index is 1.45. The van der Waals surface area contributed by atoms with Crippen LogP contribution in [-0.2, 0) is 33.8 Å². The van der Waals surface area contributed by atoms with Crippen LogP contribution >= 0.6 is 0 Å². The minimum atomic E-state index is -0.488. The van der Waals surface area contributed by atoms with Crippen LogP contribution in [0, 0.1) is 0 Å². The number of hydrogen-bond donors (Lipinski definition) is 2. The Labute approximate surface area is 169 Å². The summed E-state index contributed by atoms with van der Waals surface area (Å²) in [5.41, 5.74) is 7.49. The third kappa shape index (κ3) is 4.01. The van der Waals surface area contributed by atoms with Gasteiger partial charge in [0.15, 0.2) is 0 Å². The van der Waals surface area contributed by atoms with E-state index < -0.39 is 5.91 Å². The highest BCUT2D eigenvalue weighted by atomic mass is 16.2. The van der Waals surface area contributed by atoms with Crippen LogP contribution in [0.4, 0.5) is 0 Å². The topological polar surface area (TPSA) is 110 Å². The molecule has 152 valence electrons. The Morgan fingerprint density at radius 2 is 1.97 bits per heavy atom. The average molecular weight is 395 g/mol. The number of rotatable bonds is 6. The van der Waals surface area contributed by atoms with E-state index in [0.717, 1.165) is 24.2 Å². The van der Waals surface area contributed by atoms with Crippen LogP contribution < -0.4 is 11.1 Å². The van der Waals surface area contributed by atoms with Crippen molar-refractivity contribution in [3.05, 3.63) is 53.6 Å². The average Bonchev–Trinajstić information content (AvgIpc) is 3.33. The van der Waals surface area contributed by atoms with Gasteiger partial charge in [0, 0.05) is 44.7 Å². The number of nitrogens with one attached hydrogen (secondary N) is 1. The maximum absolute atomic E-state index is 12.8. The molecule has 4 rings (SSSR count). The first-order chi connectivity index (χ1) is 14.0. The number of primary amides is 1. The molecule has 2 atom stereocenters. The highest BCUT2D eigenvalue weighted by Gasteiger charge is 2.32. The molecule has 3 N–H and O–H groups in total. The summed E-state index contributed by atoms with van der Waals surface area (Å²) in [5.74, 6) is 0.276. The number of carbonyl (C=O) groups excluding carboxylic acids is 3. The molecule has 8 heteroatoms. The first kappa shape index (κ1) is 19.2. The van der Waals surface area contributed by atoms with E-state index in [1.165, 1.54) is 5.56 Å². The second-order valence-corrected chi connectivity index (χ2v) is 7.66. The molecule has 0 radical (unpaired) electrons. The van der Waals surface area contributed by atoms with Crippen LogP contribution in [0.5, 0.6) is 0 Å². The van der Waals surface area contributed by atoms with E-state index in [4.69, 9.17) is 5.73 Å². The van der Waals surface area contributed by atoms with Crippen molar-refractivity contribution in [2.45, 2.75) is 50.7 Å². The summed E-state index contributed by atoms with van der Waals surface area (Å²) < 4.78 is 1.92. The standard InChI is InChI=1S/C21H25N5O3/c22-18(27)6-8-20(28)26-13-15-4-2-1-3-14(15)11-16(26)12-24-21(29)17-5-7-19-23-9-10-25(17)19/h1-4,9-10,16-17H,5-8,11-13H2,(H2,22,27)(H,24,29). The minimum absolute atomic E-state index is 0.0293. The molecule has 2 unspecified atom stereocenters. The fraction of sp³-hybridized carbons (Fsp3) is 0.429. The van der Waals surface area contributed by atoms with Crippen LogP contribution in [0.3, 0.4) is 0 Å². The van der Waals surface area contributed by atoms with Crippen LogP contribution in [-0.4, -0.2) is 44.8 Å². The normalized spacial score (nSPS) is 20.1. The van der Waals surface area contributed by atoms with Gasteiger partial charge >= 0.3 is 0 Å². The van der Waals surface area contributed by atoms with Gasteiger partial charge in [0.1, 0.15) is 11.9 Å². The summed E-state index contributed by atoms with van der Waals surface area (Å²) in [6, 6.07) is 7.61. The van der Waals surface area contributed by atoms with Gasteiger partial charge in [-0.3, -0.25) is 14.4 Å². The maximum atomic E-state index is 12.8. The maximum Gasteiger partial charge on any atom is 0.243 e. The number of hydrogen-bond acceptors (Lipinski definition) is 4. The molecule has 2 aliphatic heterocycles. The monoisotopic (exact) mass is 395 g/mol. The number of aryl methyl sites for hydroxylation is 1. The third-order valence-corrected chi connectivity index (χ3v) is 5.80. The molecule has 3 heterocycles. The lowest BCUT2D eigenvalue weighted by Gasteiger charge is -2.37. The lowest BCUT2D eigenvalue weighted by molar-refractivity contribution is -0.137. The zero-order chi connectivity index (χ0) is 20.4. The number of benzene rings is 1. The van der Waals surface area contributed by atoms with Crippen LogP contribution in [0.1, 0.15) is 42.3 Å². The van der Waals surface area contributed by atoms with Crippen LogP contribution in [0.2, 0.25) is 0 Å². The number of imidazole rings is 1. The SMILES string of the molecule is NC(=O)CCC(=O)N1Cc2ccccc2CC1CNC(=O)C1CCc2nccn21. The second-order valence-electron chi connectivity index (χ2n) is 7.66. The molecule has 0 aliphatic carbocycles. The number of nitrogens with two attached hydrogens (primary N) is 1. The minimum Gasteiger partial charge on any atom is -0.370 e. The first-order valence-electron chi connectivity index (χ1n) is 9.97. The van der Waals surface area contributed by atoms with Crippen molar-refractivity contribution in [1.29, 1.82) is 0 Å². The summed E-state index contributed by atoms with van der Waals surface area (Å²) in [4.78, 5) is 42.6.